The van der Waals surface area contributed by atoms with Gasteiger partial charge in [-0.1, -0.05) is 0 Å². The first-order valence-electron chi connectivity index (χ1n) is 4.74. The second-order valence-electron chi connectivity index (χ2n) is 3.50. The Bertz CT molecular complexity index is 366. The Balaban J connectivity index is 2.69. The number of hydrogen-bond acceptors (Lipinski definition) is 4. The topological polar surface area (TPSA) is 66.3 Å². The van der Waals surface area contributed by atoms with Crippen molar-refractivity contribution in [1.29, 1.82) is 0 Å². The highest BCUT2D eigenvalue weighted by Crippen LogP contribution is 2.08. The summed E-state index contributed by atoms with van der Waals surface area (Å²) in [7, 11) is 1.78. The van der Waals surface area contributed by atoms with Crippen LogP contribution in [0.4, 0.5) is 5.95 Å². The molecule has 0 bridgehead atoms. The summed E-state index contributed by atoms with van der Waals surface area (Å²) in [4.78, 5) is 20.5. The first kappa shape index (κ1) is 11.4. The fourth-order valence-corrected chi connectivity index (χ4v) is 1.06. The molecule has 0 aliphatic rings. The minimum Gasteiger partial charge on any atom is -0.481 e. The lowest BCUT2D eigenvalue weighted by atomic mass is 10.3. The predicted molar refractivity (Wildman–Crippen MR) is 57.0 cm³/mol. The van der Waals surface area contributed by atoms with Crippen molar-refractivity contribution in [1.82, 2.24) is 9.97 Å². The number of carbonyl (C=O) groups is 1. The molecule has 0 aliphatic heterocycles. The molecule has 1 aromatic rings. The first-order valence-corrected chi connectivity index (χ1v) is 4.74. The Morgan fingerprint density at radius 3 is 2.73 bits per heavy atom. The van der Waals surface area contributed by atoms with Gasteiger partial charge in [-0.3, -0.25) is 4.79 Å². The van der Waals surface area contributed by atoms with Crippen molar-refractivity contribution in [3.05, 3.63) is 17.5 Å². The summed E-state index contributed by atoms with van der Waals surface area (Å²) in [6, 6.07) is 0. The van der Waals surface area contributed by atoms with Crippen LogP contribution in [0.3, 0.4) is 0 Å². The van der Waals surface area contributed by atoms with E-state index in [1.165, 1.54) is 0 Å². The van der Waals surface area contributed by atoms with E-state index in [0.717, 1.165) is 11.3 Å². The number of hydrogen-bond donors (Lipinski definition) is 1. The number of aromatic nitrogens is 2. The highest BCUT2D eigenvalue weighted by molar-refractivity contribution is 5.67. The molecule has 0 spiro atoms. The summed E-state index contributed by atoms with van der Waals surface area (Å²) in [6.45, 7) is 4.26. The number of rotatable bonds is 4. The van der Waals surface area contributed by atoms with Crippen molar-refractivity contribution in [2.45, 2.75) is 20.3 Å². The van der Waals surface area contributed by atoms with E-state index in [4.69, 9.17) is 5.11 Å². The maximum absolute atomic E-state index is 10.4. The standard InChI is InChI=1S/C10H15N3O2/c1-7-6-11-10(12-8(7)2)13(3)5-4-9(14)15/h6H,4-5H2,1-3H3,(H,14,15). The van der Waals surface area contributed by atoms with Crippen molar-refractivity contribution in [2.24, 2.45) is 0 Å². The molecule has 0 fully saturated rings. The molecule has 1 N–H and O–H groups in total. The molecule has 1 aromatic heterocycles. The van der Waals surface area contributed by atoms with Gasteiger partial charge in [0.1, 0.15) is 0 Å². The van der Waals surface area contributed by atoms with Gasteiger partial charge >= 0.3 is 5.97 Å². The minimum atomic E-state index is -0.814. The summed E-state index contributed by atoms with van der Waals surface area (Å²) in [5, 5.41) is 8.54. The average molecular weight is 209 g/mol. The van der Waals surface area contributed by atoms with Crippen LogP contribution >= 0.6 is 0 Å². The Hall–Kier alpha value is -1.65. The quantitative estimate of drug-likeness (QED) is 0.801. The lowest BCUT2D eigenvalue weighted by Crippen LogP contribution is -2.23. The van der Waals surface area contributed by atoms with E-state index in [1.807, 2.05) is 13.8 Å². The monoisotopic (exact) mass is 209 g/mol. The third-order valence-corrected chi connectivity index (χ3v) is 2.21. The van der Waals surface area contributed by atoms with Crippen LogP contribution in [0.1, 0.15) is 17.7 Å². The predicted octanol–water partition coefficient (Wildman–Crippen LogP) is 1.00. The van der Waals surface area contributed by atoms with Gasteiger partial charge < -0.3 is 10.0 Å². The second kappa shape index (κ2) is 4.72. The molecule has 0 aliphatic carbocycles. The van der Waals surface area contributed by atoms with Crippen LogP contribution in [0, 0.1) is 13.8 Å². The summed E-state index contributed by atoms with van der Waals surface area (Å²) in [6.07, 6.45) is 1.84. The van der Waals surface area contributed by atoms with Crippen LogP contribution < -0.4 is 4.90 Å². The van der Waals surface area contributed by atoms with Crippen molar-refractivity contribution in [2.75, 3.05) is 18.5 Å². The van der Waals surface area contributed by atoms with E-state index in [9.17, 15) is 4.79 Å². The molecular formula is C10H15N3O2. The molecule has 0 unspecified atom stereocenters. The van der Waals surface area contributed by atoms with Gasteiger partial charge in [0.2, 0.25) is 5.95 Å². The maximum atomic E-state index is 10.4. The zero-order valence-electron chi connectivity index (χ0n) is 9.19. The van der Waals surface area contributed by atoms with Gasteiger partial charge in [0.25, 0.3) is 0 Å². The van der Waals surface area contributed by atoms with Crippen LogP contribution in [0.25, 0.3) is 0 Å². The van der Waals surface area contributed by atoms with Crippen molar-refractivity contribution >= 4 is 11.9 Å². The molecule has 5 nitrogen and oxygen atoms in total. The number of carboxylic acid groups (broad SMARTS) is 1. The zero-order chi connectivity index (χ0) is 11.4. The summed E-state index contributed by atoms with van der Waals surface area (Å²) < 4.78 is 0. The van der Waals surface area contributed by atoms with Gasteiger partial charge in [0.15, 0.2) is 0 Å². The molecule has 1 heterocycles. The molecule has 0 atom stereocenters. The largest absolute Gasteiger partial charge is 0.481 e. The van der Waals surface area contributed by atoms with E-state index in [1.54, 1.807) is 18.1 Å². The molecule has 5 heteroatoms. The highest BCUT2D eigenvalue weighted by Gasteiger charge is 2.07. The van der Waals surface area contributed by atoms with Gasteiger partial charge in [0, 0.05) is 25.5 Å². The number of aryl methyl sites for hydroxylation is 2. The normalized spacial score (nSPS) is 10.1. The lowest BCUT2D eigenvalue weighted by Gasteiger charge is -2.16. The van der Waals surface area contributed by atoms with Crippen molar-refractivity contribution < 1.29 is 9.90 Å². The van der Waals surface area contributed by atoms with Crippen molar-refractivity contribution in [3.63, 3.8) is 0 Å². The fraction of sp³-hybridized carbons (Fsp3) is 0.500. The molecule has 0 saturated heterocycles. The molecule has 82 valence electrons. The lowest BCUT2D eigenvalue weighted by molar-refractivity contribution is -0.136. The Labute approximate surface area is 88.8 Å². The highest BCUT2D eigenvalue weighted by atomic mass is 16.4. The summed E-state index contributed by atoms with van der Waals surface area (Å²) in [5.74, 6) is -0.245. The molecule has 0 amide bonds. The van der Waals surface area contributed by atoms with Gasteiger partial charge in [0.05, 0.1) is 6.42 Å². The van der Waals surface area contributed by atoms with Gasteiger partial charge in [-0.25, -0.2) is 9.97 Å². The smallest absolute Gasteiger partial charge is 0.305 e. The zero-order valence-corrected chi connectivity index (χ0v) is 9.19. The summed E-state index contributed by atoms with van der Waals surface area (Å²) in [5.41, 5.74) is 1.95. The third kappa shape index (κ3) is 3.19. The molecule has 1 rings (SSSR count). The van der Waals surface area contributed by atoms with E-state index >= 15 is 0 Å². The van der Waals surface area contributed by atoms with Crippen LogP contribution in [0.2, 0.25) is 0 Å². The SMILES string of the molecule is Cc1cnc(N(C)CCC(=O)O)nc1C. The van der Waals surface area contributed by atoms with Crippen molar-refractivity contribution in [3.8, 4) is 0 Å². The van der Waals surface area contributed by atoms with E-state index < -0.39 is 5.97 Å². The fourth-order valence-electron chi connectivity index (χ4n) is 1.06. The molecule has 0 aromatic carbocycles. The molecule has 0 saturated carbocycles. The average Bonchev–Trinajstić information content (AvgIpc) is 2.18. The number of aliphatic carboxylic acids is 1. The molecular weight excluding hydrogens is 194 g/mol. The van der Waals surface area contributed by atoms with Crippen LogP contribution in [0.5, 0.6) is 0 Å². The van der Waals surface area contributed by atoms with Gasteiger partial charge in [-0.05, 0) is 19.4 Å². The minimum absolute atomic E-state index is 0.0901. The third-order valence-electron chi connectivity index (χ3n) is 2.21. The first-order chi connectivity index (χ1) is 7.00. The Morgan fingerprint density at radius 2 is 2.20 bits per heavy atom. The second-order valence-corrected chi connectivity index (χ2v) is 3.50. The molecule has 0 radical (unpaired) electrons. The van der Waals surface area contributed by atoms with Crippen LogP contribution in [-0.2, 0) is 4.79 Å². The van der Waals surface area contributed by atoms with E-state index in [-0.39, 0.29) is 6.42 Å². The summed E-state index contributed by atoms with van der Waals surface area (Å²) >= 11 is 0. The number of nitrogens with zero attached hydrogens (tertiary/aromatic N) is 3. The van der Waals surface area contributed by atoms with Crippen LogP contribution in [-0.4, -0.2) is 34.6 Å². The number of carboxylic acids is 1. The van der Waals surface area contributed by atoms with Gasteiger partial charge in [-0.2, -0.15) is 0 Å². The number of anilines is 1. The molecule has 15 heavy (non-hydrogen) atoms. The van der Waals surface area contributed by atoms with Crippen LogP contribution in [0.15, 0.2) is 6.20 Å². The Kier molecular flexibility index (Phi) is 3.60. The van der Waals surface area contributed by atoms with E-state index in [0.29, 0.717) is 12.5 Å². The van der Waals surface area contributed by atoms with Gasteiger partial charge in [-0.15, -0.1) is 0 Å². The Morgan fingerprint density at radius 1 is 1.53 bits per heavy atom. The van der Waals surface area contributed by atoms with E-state index in [2.05, 4.69) is 9.97 Å². The maximum Gasteiger partial charge on any atom is 0.305 e.